The zero-order valence-electron chi connectivity index (χ0n) is 5.89. The predicted molar refractivity (Wildman–Crippen MR) is 35.0 cm³/mol. The first-order valence-electron chi connectivity index (χ1n) is 3.29. The summed E-state index contributed by atoms with van der Waals surface area (Å²) in [5.41, 5.74) is 6.77. The van der Waals surface area contributed by atoms with E-state index in [1.807, 2.05) is 0 Å². The number of hydrogen-bond acceptors (Lipinski definition) is 2. The molecule has 0 aliphatic carbocycles. The van der Waals surface area contributed by atoms with Crippen molar-refractivity contribution in [3.63, 3.8) is 0 Å². The van der Waals surface area contributed by atoms with Crippen molar-refractivity contribution in [2.75, 3.05) is 6.54 Å². The third-order valence-corrected chi connectivity index (χ3v) is 1.63. The molecule has 0 aromatic rings. The molecule has 4 heteroatoms. The van der Waals surface area contributed by atoms with E-state index in [2.05, 4.69) is 5.32 Å². The van der Waals surface area contributed by atoms with Gasteiger partial charge < -0.3 is 15.8 Å². The van der Waals surface area contributed by atoms with E-state index in [-0.39, 0.29) is 38.8 Å². The minimum Gasteiger partial charge on any atom is -0.666 e. The van der Waals surface area contributed by atoms with Crippen LogP contribution in [0.1, 0.15) is 19.3 Å². The van der Waals surface area contributed by atoms with Crippen LogP contribution in [-0.4, -0.2) is 18.5 Å². The molecule has 1 unspecified atom stereocenters. The van der Waals surface area contributed by atoms with Crippen molar-refractivity contribution < 1.29 is 37.5 Å². The van der Waals surface area contributed by atoms with Gasteiger partial charge in [-0.15, -0.1) is 0 Å². The Bertz CT molecular complexity index is 112. The molecule has 1 atom stereocenters. The van der Waals surface area contributed by atoms with E-state index >= 15 is 0 Å². The molecule has 1 saturated heterocycles. The molecule has 3 nitrogen and oxygen atoms in total. The van der Waals surface area contributed by atoms with Gasteiger partial charge >= 0.3 is 0 Å². The minimum absolute atomic E-state index is 0. The Hall–Kier alpha value is 0.534. The predicted octanol–water partition coefficient (Wildman–Crippen LogP) is 0.705. The molecule has 1 fully saturated rings. The third-order valence-electron chi connectivity index (χ3n) is 1.63. The Morgan fingerprint density at radius 3 is 2.50 bits per heavy atom. The van der Waals surface area contributed by atoms with Crippen molar-refractivity contribution in [3.8, 4) is 0 Å². The van der Waals surface area contributed by atoms with Crippen molar-refractivity contribution in [2.45, 2.75) is 25.3 Å². The second-order valence-corrected chi connectivity index (χ2v) is 2.37. The van der Waals surface area contributed by atoms with Gasteiger partial charge in [-0.2, -0.15) is 0 Å². The first-order chi connectivity index (χ1) is 4.30. The van der Waals surface area contributed by atoms with Crippen LogP contribution in [0.5, 0.6) is 0 Å². The van der Waals surface area contributed by atoms with Crippen LogP contribution in [0, 0.1) is 0 Å². The zero-order chi connectivity index (χ0) is 6.69. The van der Waals surface area contributed by atoms with Crippen LogP contribution in [0.2, 0.25) is 0 Å². The number of rotatable bonds is 1. The fourth-order valence-electron chi connectivity index (χ4n) is 1.08. The summed E-state index contributed by atoms with van der Waals surface area (Å²) < 4.78 is 0. The SMILES string of the molecule is [NH-]C(=O)C1CCCCN1.[Y]. The fourth-order valence-corrected chi connectivity index (χ4v) is 1.08. The van der Waals surface area contributed by atoms with E-state index in [0.717, 1.165) is 25.8 Å². The van der Waals surface area contributed by atoms with Gasteiger partial charge in [-0.1, -0.05) is 6.42 Å². The molecule has 1 radical (unpaired) electrons. The quantitative estimate of drug-likeness (QED) is 0.701. The number of carbonyl (C=O) groups excluding carboxylic acids is 1. The normalized spacial score (nSPS) is 25.0. The number of piperidine rings is 1. The van der Waals surface area contributed by atoms with E-state index < -0.39 is 5.91 Å². The maximum Gasteiger partial charge on any atom is 0.0660 e. The van der Waals surface area contributed by atoms with Crippen LogP contribution < -0.4 is 5.32 Å². The second-order valence-electron chi connectivity index (χ2n) is 2.37. The second kappa shape index (κ2) is 5.22. The summed E-state index contributed by atoms with van der Waals surface area (Å²) >= 11 is 0. The van der Waals surface area contributed by atoms with Crippen LogP contribution in [0.25, 0.3) is 5.73 Å². The maximum absolute atomic E-state index is 10.4. The van der Waals surface area contributed by atoms with E-state index in [1.54, 1.807) is 0 Å². The fraction of sp³-hybridized carbons (Fsp3) is 0.833. The van der Waals surface area contributed by atoms with Gasteiger partial charge in [0.2, 0.25) is 0 Å². The average Bonchev–Trinajstić information content (AvgIpc) is 1.90. The molecule has 2 N–H and O–H groups in total. The first kappa shape index (κ1) is 10.5. The van der Waals surface area contributed by atoms with E-state index in [9.17, 15) is 4.79 Å². The minimum atomic E-state index is -0.463. The zero-order valence-corrected chi connectivity index (χ0v) is 8.73. The number of carbonyl (C=O) groups is 1. The van der Waals surface area contributed by atoms with Gasteiger partial charge in [-0.05, 0) is 19.4 Å². The molecule has 0 bridgehead atoms. The van der Waals surface area contributed by atoms with E-state index in [1.165, 1.54) is 0 Å². The number of amides is 1. The van der Waals surface area contributed by atoms with Crippen LogP contribution >= 0.6 is 0 Å². The molecule has 1 aliphatic rings. The molecule has 10 heavy (non-hydrogen) atoms. The topological polar surface area (TPSA) is 52.9 Å². The van der Waals surface area contributed by atoms with Crippen molar-refractivity contribution in [2.24, 2.45) is 0 Å². The van der Waals surface area contributed by atoms with Crippen molar-refractivity contribution in [3.05, 3.63) is 5.73 Å². The Labute approximate surface area is 86.0 Å². The van der Waals surface area contributed by atoms with Crippen LogP contribution in [0.15, 0.2) is 0 Å². The van der Waals surface area contributed by atoms with Gasteiger partial charge in [-0.3, -0.25) is 0 Å². The summed E-state index contributed by atoms with van der Waals surface area (Å²) in [6, 6.07) is -0.168. The summed E-state index contributed by atoms with van der Waals surface area (Å²) in [7, 11) is 0. The van der Waals surface area contributed by atoms with Gasteiger partial charge in [-0.25, -0.2) is 0 Å². The first-order valence-corrected chi connectivity index (χ1v) is 3.29. The van der Waals surface area contributed by atoms with Crippen molar-refractivity contribution in [1.29, 1.82) is 0 Å². The summed E-state index contributed by atoms with van der Waals surface area (Å²) in [6.07, 6.45) is 3.08. The summed E-state index contributed by atoms with van der Waals surface area (Å²) in [5.74, 6) is -0.463. The van der Waals surface area contributed by atoms with Crippen molar-refractivity contribution >= 4 is 5.91 Å². The van der Waals surface area contributed by atoms with Crippen molar-refractivity contribution in [1.82, 2.24) is 5.32 Å². The summed E-state index contributed by atoms with van der Waals surface area (Å²) in [5, 5.41) is 2.98. The standard InChI is InChI=1S/C6H12N2O.Y/c7-6(9)5-3-1-2-4-8-5;/h5,8H,1-4H2,(H2,7,9);/p-1. The Balaban J connectivity index is 0.000000810. The molecular weight excluding hydrogens is 205 g/mol. The largest absolute Gasteiger partial charge is 0.666 e. The van der Waals surface area contributed by atoms with Crippen LogP contribution in [-0.2, 0) is 37.5 Å². The third kappa shape index (κ3) is 3.08. The molecule has 0 spiro atoms. The van der Waals surface area contributed by atoms with Gasteiger partial charge in [0.05, 0.1) is 5.91 Å². The molecule has 0 aromatic carbocycles. The molecule has 1 amide bonds. The van der Waals surface area contributed by atoms with Crippen LogP contribution in [0.4, 0.5) is 0 Å². The van der Waals surface area contributed by atoms with Gasteiger partial charge in [0.25, 0.3) is 0 Å². The molecule has 0 aromatic heterocycles. The smallest absolute Gasteiger partial charge is 0.0660 e. The molecule has 1 rings (SSSR count). The molecule has 0 saturated carbocycles. The van der Waals surface area contributed by atoms with Gasteiger partial charge in [0.15, 0.2) is 0 Å². The summed E-state index contributed by atoms with van der Waals surface area (Å²) in [4.78, 5) is 10.4. The Morgan fingerprint density at radius 1 is 1.50 bits per heavy atom. The Kier molecular flexibility index (Phi) is 5.50. The molecular formula is C6H11N2OY-. The molecule has 1 heterocycles. The average molecular weight is 216 g/mol. The molecule has 55 valence electrons. The Morgan fingerprint density at radius 2 is 2.20 bits per heavy atom. The monoisotopic (exact) mass is 216 g/mol. The van der Waals surface area contributed by atoms with E-state index in [4.69, 9.17) is 5.73 Å². The summed E-state index contributed by atoms with van der Waals surface area (Å²) in [6.45, 7) is 0.898. The maximum atomic E-state index is 10.4. The van der Waals surface area contributed by atoms with Gasteiger partial charge in [0, 0.05) is 38.8 Å². The number of hydrogen-bond donors (Lipinski definition) is 1. The van der Waals surface area contributed by atoms with E-state index in [0.29, 0.717) is 0 Å². The number of nitrogens with one attached hydrogen (secondary N) is 2. The van der Waals surface area contributed by atoms with Gasteiger partial charge in [0.1, 0.15) is 0 Å². The molecule has 1 aliphatic heterocycles. The van der Waals surface area contributed by atoms with Crippen LogP contribution in [0.3, 0.4) is 0 Å².